The first-order valence-corrected chi connectivity index (χ1v) is 8.87. The zero-order valence-electron chi connectivity index (χ0n) is 14.6. The van der Waals surface area contributed by atoms with Crippen LogP contribution in [0.4, 0.5) is 4.79 Å². The number of nitrogens with one attached hydrogen (secondary N) is 1. The maximum Gasteiger partial charge on any atom is 0.325 e. The van der Waals surface area contributed by atoms with E-state index in [2.05, 4.69) is 5.32 Å². The van der Waals surface area contributed by atoms with Crippen LogP contribution in [0.1, 0.15) is 44.3 Å². The Labute approximate surface area is 151 Å². The highest BCUT2D eigenvalue weighted by atomic mass is 16.3. The van der Waals surface area contributed by atoms with Crippen LogP contribution in [0.2, 0.25) is 0 Å². The number of carbonyl (C=O) groups is 3. The van der Waals surface area contributed by atoms with Gasteiger partial charge in [0, 0.05) is 19.5 Å². The molecule has 0 aromatic carbocycles. The molecule has 2 aliphatic rings. The monoisotopic (exact) mass is 358 g/mol. The number of carbonyl (C=O) groups excluding carboxylic acids is 3. The smallest absolute Gasteiger partial charge is 0.325 e. The van der Waals surface area contributed by atoms with E-state index in [-0.39, 0.29) is 44.3 Å². The summed E-state index contributed by atoms with van der Waals surface area (Å²) in [6, 6.07) is 5.10. The number of amides is 4. The molecule has 0 bridgehead atoms. The SMILES string of the molecule is N#CCCN(Cc1ccco1)C(=O)CCN1C(=O)NC2(CCCC2)C1=O. The molecular formula is C18H22N4O4. The molecule has 1 N–H and O–H groups in total. The molecule has 0 unspecified atom stereocenters. The van der Waals surface area contributed by atoms with Gasteiger partial charge < -0.3 is 14.6 Å². The zero-order valence-corrected chi connectivity index (χ0v) is 14.6. The van der Waals surface area contributed by atoms with Crippen molar-refractivity contribution >= 4 is 17.8 Å². The van der Waals surface area contributed by atoms with Gasteiger partial charge >= 0.3 is 6.03 Å². The lowest BCUT2D eigenvalue weighted by Crippen LogP contribution is -2.44. The Kier molecular flexibility index (Phi) is 5.26. The third-order valence-corrected chi connectivity index (χ3v) is 5.03. The number of nitrogens with zero attached hydrogens (tertiary/aromatic N) is 3. The van der Waals surface area contributed by atoms with E-state index in [0.717, 1.165) is 17.7 Å². The Morgan fingerprint density at radius 3 is 2.81 bits per heavy atom. The summed E-state index contributed by atoms with van der Waals surface area (Å²) in [4.78, 5) is 40.0. The second kappa shape index (κ2) is 7.60. The van der Waals surface area contributed by atoms with Crippen LogP contribution in [-0.2, 0) is 16.1 Å². The lowest BCUT2D eigenvalue weighted by molar-refractivity contribution is -0.134. The maximum atomic E-state index is 12.6. The van der Waals surface area contributed by atoms with Gasteiger partial charge in [0.25, 0.3) is 5.91 Å². The second-order valence-corrected chi connectivity index (χ2v) is 6.73. The topological polar surface area (TPSA) is 107 Å². The van der Waals surface area contributed by atoms with E-state index in [4.69, 9.17) is 9.68 Å². The van der Waals surface area contributed by atoms with Crippen LogP contribution in [0, 0.1) is 11.3 Å². The van der Waals surface area contributed by atoms with Crippen molar-refractivity contribution in [1.29, 1.82) is 5.26 Å². The van der Waals surface area contributed by atoms with Crippen LogP contribution < -0.4 is 5.32 Å². The third-order valence-electron chi connectivity index (χ3n) is 5.03. The zero-order chi connectivity index (χ0) is 18.6. The van der Waals surface area contributed by atoms with Crippen molar-refractivity contribution in [1.82, 2.24) is 15.1 Å². The van der Waals surface area contributed by atoms with Crippen LogP contribution in [-0.4, -0.2) is 46.3 Å². The molecule has 1 aliphatic carbocycles. The van der Waals surface area contributed by atoms with E-state index in [1.165, 1.54) is 11.2 Å². The first kappa shape index (κ1) is 18.0. The van der Waals surface area contributed by atoms with Crippen LogP contribution in [0.15, 0.2) is 22.8 Å². The molecule has 26 heavy (non-hydrogen) atoms. The molecule has 8 heteroatoms. The summed E-state index contributed by atoms with van der Waals surface area (Å²) in [7, 11) is 0. The summed E-state index contributed by atoms with van der Waals surface area (Å²) in [5.74, 6) is 0.184. The fraction of sp³-hybridized carbons (Fsp3) is 0.556. The van der Waals surface area contributed by atoms with Crippen molar-refractivity contribution in [2.45, 2.75) is 50.6 Å². The Balaban J connectivity index is 1.59. The Hall–Kier alpha value is -2.82. The number of urea groups is 1. The van der Waals surface area contributed by atoms with Crippen molar-refractivity contribution in [3.63, 3.8) is 0 Å². The molecule has 1 aliphatic heterocycles. The van der Waals surface area contributed by atoms with Gasteiger partial charge in [-0.15, -0.1) is 0 Å². The summed E-state index contributed by atoms with van der Waals surface area (Å²) >= 11 is 0. The normalized spacial score (nSPS) is 18.2. The van der Waals surface area contributed by atoms with Crippen molar-refractivity contribution in [3.05, 3.63) is 24.2 Å². The lowest BCUT2D eigenvalue weighted by Gasteiger charge is -2.22. The Morgan fingerprint density at radius 1 is 1.38 bits per heavy atom. The van der Waals surface area contributed by atoms with E-state index < -0.39 is 11.6 Å². The van der Waals surface area contributed by atoms with E-state index in [9.17, 15) is 14.4 Å². The summed E-state index contributed by atoms with van der Waals surface area (Å²) in [6.45, 7) is 0.587. The lowest BCUT2D eigenvalue weighted by atomic mass is 9.98. The maximum absolute atomic E-state index is 12.6. The highest BCUT2D eigenvalue weighted by molar-refractivity contribution is 6.07. The first-order chi connectivity index (χ1) is 12.6. The van der Waals surface area contributed by atoms with Gasteiger partial charge in [-0.1, -0.05) is 12.8 Å². The van der Waals surface area contributed by atoms with Gasteiger partial charge in [-0.3, -0.25) is 14.5 Å². The number of hydrogen-bond acceptors (Lipinski definition) is 5. The fourth-order valence-electron chi connectivity index (χ4n) is 3.63. The van der Waals surface area contributed by atoms with Gasteiger partial charge in [-0.25, -0.2) is 4.79 Å². The summed E-state index contributed by atoms with van der Waals surface area (Å²) in [6.07, 6.45) is 4.92. The molecule has 2 heterocycles. The second-order valence-electron chi connectivity index (χ2n) is 6.73. The van der Waals surface area contributed by atoms with Crippen molar-refractivity contribution in [3.8, 4) is 6.07 Å². The minimum Gasteiger partial charge on any atom is -0.467 e. The molecule has 1 saturated carbocycles. The molecule has 8 nitrogen and oxygen atoms in total. The van der Waals surface area contributed by atoms with E-state index in [1.807, 2.05) is 6.07 Å². The van der Waals surface area contributed by atoms with Crippen LogP contribution in [0.25, 0.3) is 0 Å². The highest BCUT2D eigenvalue weighted by Gasteiger charge is 2.52. The van der Waals surface area contributed by atoms with Gasteiger partial charge in [0.1, 0.15) is 11.3 Å². The van der Waals surface area contributed by atoms with Crippen LogP contribution in [0.5, 0.6) is 0 Å². The van der Waals surface area contributed by atoms with Crippen molar-refractivity contribution < 1.29 is 18.8 Å². The summed E-state index contributed by atoms with van der Waals surface area (Å²) < 4.78 is 5.26. The van der Waals surface area contributed by atoms with Gasteiger partial charge in [0.05, 0.1) is 25.3 Å². The largest absolute Gasteiger partial charge is 0.467 e. The number of furan rings is 1. The highest BCUT2D eigenvalue weighted by Crippen LogP contribution is 2.35. The Bertz CT molecular complexity index is 716. The first-order valence-electron chi connectivity index (χ1n) is 8.87. The number of imide groups is 1. The molecule has 1 spiro atoms. The van der Waals surface area contributed by atoms with E-state index in [1.54, 1.807) is 12.1 Å². The number of rotatable bonds is 7. The summed E-state index contributed by atoms with van der Waals surface area (Å²) in [5.41, 5.74) is -0.755. The van der Waals surface area contributed by atoms with Gasteiger partial charge in [0.2, 0.25) is 5.91 Å². The minimum atomic E-state index is -0.755. The molecule has 138 valence electrons. The van der Waals surface area contributed by atoms with Crippen LogP contribution >= 0.6 is 0 Å². The molecular weight excluding hydrogens is 336 g/mol. The predicted molar refractivity (Wildman–Crippen MR) is 90.4 cm³/mol. The van der Waals surface area contributed by atoms with Gasteiger partial charge in [-0.2, -0.15) is 5.26 Å². The Morgan fingerprint density at radius 2 is 2.15 bits per heavy atom. The average Bonchev–Trinajstić information content (AvgIpc) is 3.34. The van der Waals surface area contributed by atoms with Gasteiger partial charge in [-0.05, 0) is 25.0 Å². The molecule has 0 radical (unpaired) electrons. The molecule has 3 rings (SSSR count). The quantitative estimate of drug-likeness (QED) is 0.748. The van der Waals surface area contributed by atoms with E-state index in [0.29, 0.717) is 18.6 Å². The number of nitriles is 1. The predicted octanol–water partition coefficient (Wildman–Crippen LogP) is 1.78. The van der Waals surface area contributed by atoms with Gasteiger partial charge in [0.15, 0.2) is 0 Å². The average molecular weight is 358 g/mol. The van der Waals surface area contributed by atoms with Crippen molar-refractivity contribution in [2.24, 2.45) is 0 Å². The molecule has 1 aromatic rings. The minimum absolute atomic E-state index is 0.0291. The fourth-order valence-corrected chi connectivity index (χ4v) is 3.63. The third kappa shape index (κ3) is 3.57. The van der Waals surface area contributed by atoms with Crippen LogP contribution in [0.3, 0.4) is 0 Å². The van der Waals surface area contributed by atoms with Crippen molar-refractivity contribution in [2.75, 3.05) is 13.1 Å². The molecule has 0 atom stereocenters. The van der Waals surface area contributed by atoms with E-state index >= 15 is 0 Å². The number of hydrogen-bond donors (Lipinski definition) is 1. The molecule has 2 fully saturated rings. The molecule has 1 aromatic heterocycles. The standard InChI is InChI=1S/C18H22N4O4/c19-9-4-10-21(13-14-5-3-12-26-14)15(23)6-11-22-16(24)18(20-17(22)25)7-1-2-8-18/h3,5,12H,1-2,4,6-8,10-11,13H2,(H,20,25). The summed E-state index contributed by atoms with van der Waals surface area (Å²) in [5, 5.41) is 11.6. The molecule has 4 amide bonds. The molecule has 1 saturated heterocycles.